The Hall–Kier alpha value is -3.22. The van der Waals surface area contributed by atoms with Crippen molar-refractivity contribution in [2.45, 2.75) is 31.8 Å². The molecule has 1 N–H and O–H groups in total. The summed E-state index contributed by atoms with van der Waals surface area (Å²) in [6.07, 6.45) is 5.01. The van der Waals surface area contributed by atoms with Crippen LogP contribution in [-0.2, 0) is 13.0 Å². The van der Waals surface area contributed by atoms with Gasteiger partial charge in [0.1, 0.15) is 0 Å². The molecule has 1 amide bonds. The van der Waals surface area contributed by atoms with Gasteiger partial charge >= 0.3 is 0 Å². The van der Waals surface area contributed by atoms with Gasteiger partial charge in [-0.1, -0.05) is 60.7 Å². The normalized spacial score (nSPS) is 15.7. The van der Waals surface area contributed by atoms with E-state index in [0.717, 1.165) is 50.2 Å². The quantitative estimate of drug-likeness (QED) is 0.347. The van der Waals surface area contributed by atoms with Crippen molar-refractivity contribution >= 4 is 17.2 Å². The Kier molecular flexibility index (Phi) is 7.40. The summed E-state index contributed by atoms with van der Waals surface area (Å²) in [6.45, 7) is 2.94. The summed E-state index contributed by atoms with van der Waals surface area (Å²) in [7, 11) is 1.98. The zero-order valence-corrected chi connectivity index (χ0v) is 21.0. The van der Waals surface area contributed by atoms with Crippen LogP contribution in [0.4, 0.5) is 0 Å². The van der Waals surface area contributed by atoms with Gasteiger partial charge in [0.05, 0.1) is 17.5 Å². The Balaban J connectivity index is 1.27. The first-order valence-electron chi connectivity index (χ1n) is 12.3. The predicted molar refractivity (Wildman–Crippen MR) is 142 cm³/mol. The molecule has 0 bridgehead atoms. The SMILES string of the molecule is CN(C(=O)c1ccsc1)[C@@H](Cc1ccccc1)C1CCN(Cc2cn[nH]c2-c2ccccc2)CC1. The fraction of sp³-hybridized carbons (Fsp3) is 0.310. The number of rotatable bonds is 8. The van der Waals surface area contributed by atoms with Gasteiger partial charge in [0.2, 0.25) is 0 Å². The van der Waals surface area contributed by atoms with E-state index in [9.17, 15) is 4.79 Å². The summed E-state index contributed by atoms with van der Waals surface area (Å²) in [4.78, 5) is 17.8. The summed E-state index contributed by atoms with van der Waals surface area (Å²) in [5, 5.41) is 11.4. The molecular weight excluding hydrogens is 452 g/mol. The highest BCUT2D eigenvalue weighted by Gasteiger charge is 2.32. The Morgan fingerprint density at radius 1 is 1.09 bits per heavy atom. The Morgan fingerprint density at radius 3 is 2.49 bits per heavy atom. The van der Waals surface area contributed by atoms with Crippen LogP contribution in [0.3, 0.4) is 0 Å². The smallest absolute Gasteiger partial charge is 0.254 e. The number of piperidine rings is 1. The third-order valence-electron chi connectivity index (χ3n) is 7.22. The number of H-pyrrole nitrogens is 1. The number of hydrogen-bond acceptors (Lipinski definition) is 4. The molecule has 0 radical (unpaired) electrons. The van der Waals surface area contributed by atoms with E-state index >= 15 is 0 Å². The minimum Gasteiger partial charge on any atom is -0.338 e. The van der Waals surface area contributed by atoms with Crippen molar-refractivity contribution in [3.8, 4) is 11.3 Å². The molecule has 1 aliphatic heterocycles. The van der Waals surface area contributed by atoms with Crippen molar-refractivity contribution in [1.29, 1.82) is 0 Å². The number of nitrogens with one attached hydrogen (secondary N) is 1. The molecule has 3 heterocycles. The van der Waals surface area contributed by atoms with E-state index in [4.69, 9.17) is 0 Å². The number of aromatic amines is 1. The second-order valence-corrected chi connectivity index (χ2v) is 10.2. The second-order valence-electron chi connectivity index (χ2n) is 9.43. The minimum atomic E-state index is 0.125. The molecule has 0 unspecified atom stereocenters. The van der Waals surface area contributed by atoms with E-state index < -0.39 is 0 Å². The lowest BCUT2D eigenvalue weighted by Crippen LogP contribution is -2.47. The van der Waals surface area contributed by atoms with Crippen LogP contribution >= 0.6 is 11.3 Å². The van der Waals surface area contributed by atoms with Gasteiger partial charge in [-0.3, -0.25) is 14.8 Å². The molecule has 180 valence electrons. The van der Waals surface area contributed by atoms with Crippen molar-refractivity contribution in [2.75, 3.05) is 20.1 Å². The number of carbonyl (C=O) groups excluding carboxylic acids is 1. The zero-order valence-electron chi connectivity index (χ0n) is 20.1. The first kappa shape index (κ1) is 23.5. The number of amides is 1. The standard InChI is InChI=1S/C29H32N4OS/c1-32(29(34)25-14-17-35-21-25)27(18-22-8-4-2-5-9-22)23-12-15-33(16-13-23)20-26-19-30-31-28(26)24-10-6-3-7-11-24/h2-11,14,17,19,21,23,27H,12-13,15-16,18,20H2,1H3,(H,30,31)/t27-/m0/s1. The molecule has 4 aromatic rings. The molecule has 5 nitrogen and oxygen atoms in total. The van der Waals surface area contributed by atoms with Crippen LogP contribution in [0.5, 0.6) is 0 Å². The van der Waals surface area contributed by atoms with Crippen molar-refractivity contribution in [3.05, 3.63) is 100 Å². The van der Waals surface area contributed by atoms with Crippen molar-refractivity contribution < 1.29 is 4.79 Å². The topological polar surface area (TPSA) is 52.2 Å². The lowest BCUT2D eigenvalue weighted by atomic mass is 9.84. The molecule has 5 rings (SSSR count). The van der Waals surface area contributed by atoms with Gasteiger partial charge in [-0.2, -0.15) is 16.4 Å². The maximum Gasteiger partial charge on any atom is 0.254 e. The number of likely N-dealkylation sites (tertiary alicyclic amines) is 1. The highest BCUT2D eigenvalue weighted by atomic mass is 32.1. The molecule has 35 heavy (non-hydrogen) atoms. The van der Waals surface area contributed by atoms with Crippen LogP contribution in [-0.4, -0.2) is 52.1 Å². The average molecular weight is 485 g/mol. The summed E-state index contributed by atoms with van der Waals surface area (Å²) in [5.41, 5.74) is 5.60. The Morgan fingerprint density at radius 2 is 1.80 bits per heavy atom. The van der Waals surface area contributed by atoms with Gasteiger partial charge in [0, 0.05) is 30.6 Å². The molecule has 1 saturated heterocycles. The average Bonchev–Trinajstić information content (AvgIpc) is 3.61. The summed E-state index contributed by atoms with van der Waals surface area (Å²) in [5.74, 6) is 0.595. The first-order valence-corrected chi connectivity index (χ1v) is 13.3. The fourth-order valence-electron chi connectivity index (χ4n) is 5.24. The second kappa shape index (κ2) is 11.0. The maximum atomic E-state index is 13.2. The minimum absolute atomic E-state index is 0.125. The van der Waals surface area contributed by atoms with E-state index in [0.29, 0.717) is 5.92 Å². The predicted octanol–water partition coefficient (Wildman–Crippen LogP) is 5.73. The molecule has 1 fully saturated rings. The molecule has 0 aliphatic carbocycles. The number of nitrogens with zero attached hydrogens (tertiary/aromatic N) is 3. The van der Waals surface area contributed by atoms with Crippen LogP contribution in [0, 0.1) is 5.92 Å². The maximum absolute atomic E-state index is 13.2. The van der Waals surface area contributed by atoms with E-state index in [1.807, 2.05) is 41.0 Å². The third-order valence-corrected chi connectivity index (χ3v) is 7.91. The van der Waals surface area contributed by atoms with Gasteiger partial charge in [-0.05, 0) is 60.8 Å². The fourth-order valence-corrected chi connectivity index (χ4v) is 5.87. The summed E-state index contributed by atoms with van der Waals surface area (Å²) in [6, 6.07) is 23.1. The van der Waals surface area contributed by atoms with Crippen LogP contribution in [0.25, 0.3) is 11.3 Å². The van der Waals surface area contributed by atoms with Gasteiger partial charge in [-0.15, -0.1) is 0 Å². The molecule has 1 aliphatic rings. The van der Waals surface area contributed by atoms with Crippen molar-refractivity contribution in [2.24, 2.45) is 5.92 Å². The van der Waals surface area contributed by atoms with Crippen LogP contribution < -0.4 is 0 Å². The van der Waals surface area contributed by atoms with E-state index in [2.05, 4.69) is 69.7 Å². The van der Waals surface area contributed by atoms with E-state index in [1.165, 1.54) is 16.7 Å². The van der Waals surface area contributed by atoms with E-state index in [-0.39, 0.29) is 11.9 Å². The zero-order chi connectivity index (χ0) is 24.0. The number of likely N-dealkylation sites (N-methyl/N-ethyl adjacent to an activating group) is 1. The Bertz CT molecular complexity index is 1200. The number of hydrogen-bond donors (Lipinski definition) is 1. The van der Waals surface area contributed by atoms with Gasteiger partial charge in [-0.25, -0.2) is 0 Å². The summed E-state index contributed by atoms with van der Waals surface area (Å²) < 4.78 is 0. The number of benzene rings is 2. The highest BCUT2D eigenvalue weighted by molar-refractivity contribution is 7.08. The number of carbonyl (C=O) groups is 1. The molecule has 0 spiro atoms. The van der Waals surface area contributed by atoms with Crippen molar-refractivity contribution in [3.63, 3.8) is 0 Å². The van der Waals surface area contributed by atoms with Gasteiger partial charge in [0.25, 0.3) is 5.91 Å². The lowest BCUT2D eigenvalue weighted by molar-refractivity contribution is 0.0585. The molecule has 0 saturated carbocycles. The molecule has 2 aromatic heterocycles. The molecular formula is C29H32N4OS. The van der Waals surface area contributed by atoms with Crippen molar-refractivity contribution in [1.82, 2.24) is 20.0 Å². The highest BCUT2D eigenvalue weighted by Crippen LogP contribution is 2.29. The van der Waals surface area contributed by atoms with Crippen LogP contribution in [0.1, 0.15) is 34.3 Å². The monoisotopic (exact) mass is 484 g/mol. The Labute approximate surface area is 211 Å². The molecule has 1 atom stereocenters. The largest absolute Gasteiger partial charge is 0.338 e. The summed E-state index contributed by atoms with van der Waals surface area (Å²) >= 11 is 1.58. The van der Waals surface area contributed by atoms with Gasteiger partial charge < -0.3 is 4.90 Å². The van der Waals surface area contributed by atoms with Crippen LogP contribution in [0.2, 0.25) is 0 Å². The van der Waals surface area contributed by atoms with Crippen LogP contribution in [0.15, 0.2) is 83.7 Å². The van der Waals surface area contributed by atoms with Gasteiger partial charge in [0.15, 0.2) is 0 Å². The molecule has 2 aromatic carbocycles. The number of thiophene rings is 1. The lowest BCUT2D eigenvalue weighted by Gasteiger charge is -2.40. The van der Waals surface area contributed by atoms with E-state index in [1.54, 1.807) is 11.3 Å². The first-order chi connectivity index (χ1) is 17.2. The molecule has 6 heteroatoms. The third kappa shape index (κ3) is 5.55. The number of aromatic nitrogens is 2.